The highest BCUT2D eigenvalue weighted by Gasteiger charge is 2.33. The number of nitrogens with zero attached hydrogens (tertiary/aromatic N) is 3. The zero-order valence-corrected chi connectivity index (χ0v) is 11.4. The van der Waals surface area contributed by atoms with Crippen molar-refractivity contribution in [2.45, 2.75) is 46.0 Å². The normalized spacial score (nSPS) is 12.8. The van der Waals surface area contributed by atoms with Crippen LogP contribution < -0.4 is 0 Å². The van der Waals surface area contributed by atoms with Crippen LogP contribution in [0, 0.1) is 10.1 Å². The van der Waals surface area contributed by atoms with Crippen LogP contribution in [0.1, 0.15) is 57.3 Å². The summed E-state index contributed by atoms with van der Waals surface area (Å²) in [6, 6.07) is 0. The van der Waals surface area contributed by atoms with E-state index in [1.54, 1.807) is 20.9 Å². The number of carbonyl (C=O) groups excluding carboxylic acids is 1. The summed E-state index contributed by atoms with van der Waals surface area (Å²) in [7, 11) is 1.65. The van der Waals surface area contributed by atoms with Crippen molar-refractivity contribution in [2.24, 2.45) is 7.05 Å². The monoisotopic (exact) mass is 253 g/mol. The molecule has 1 atom stereocenters. The van der Waals surface area contributed by atoms with Crippen molar-refractivity contribution in [2.75, 3.05) is 0 Å². The van der Waals surface area contributed by atoms with Crippen molar-refractivity contribution in [3.05, 3.63) is 21.5 Å². The topological polar surface area (TPSA) is 78.0 Å². The second kappa shape index (κ2) is 5.29. The van der Waals surface area contributed by atoms with E-state index in [1.165, 1.54) is 4.68 Å². The first-order valence-electron chi connectivity index (χ1n) is 6.05. The number of nitro groups is 1. The first-order valence-corrected chi connectivity index (χ1v) is 6.05. The highest BCUT2D eigenvalue weighted by Crippen LogP contribution is 2.34. The Morgan fingerprint density at radius 2 is 2.00 bits per heavy atom. The molecule has 0 aliphatic rings. The van der Waals surface area contributed by atoms with Gasteiger partial charge in [-0.3, -0.25) is 19.6 Å². The molecule has 0 N–H and O–H groups in total. The molecule has 0 bridgehead atoms. The van der Waals surface area contributed by atoms with Gasteiger partial charge in [0.25, 0.3) is 0 Å². The third-order valence-corrected chi connectivity index (χ3v) is 3.06. The Bertz CT molecular complexity index is 477. The molecule has 0 aromatic carbocycles. The fourth-order valence-corrected chi connectivity index (χ4v) is 2.07. The van der Waals surface area contributed by atoms with E-state index in [0.29, 0.717) is 17.8 Å². The predicted molar refractivity (Wildman–Crippen MR) is 67.7 cm³/mol. The summed E-state index contributed by atoms with van der Waals surface area (Å²) in [6.45, 7) is 7.15. The molecule has 0 aliphatic carbocycles. The number of hydrogen-bond acceptors (Lipinski definition) is 4. The molecule has 1 heterocycles. The molecular weight excluding hydrogens is 234 g/mol. The quantitative estimate of drug-likeness (QED) is 0.596. The third-order valence-electron chi connectivity index (χ3n) is 3.06. The van der Waals surface area contributed by atoms with Gasteiger partial charge in [-0.15, -0.1) is 0 Å². The Balaban J connectivity index is 3.43. The molecule has 1 rings (SSSR count). The van der Waals surface area contributed by atoms with Crippen LogP contribution in [-0.4, -0.2) is 20.5 Å². The molecule has 0 fully saturated rings. The molecule has 0 spiro atoms. The number of ketones is 1. The van der Waals surface area contributed by atoms with Crippen LogP contribution >= 0.6 is 0 Å². The Morgan fingerprint density at radius 1 is 1.44 bits per heavy atom. The van der Waals surface area contributed by atoms with Crippen LogP contribution in [0.2, 0.25) is 0 Å². The Kier molecular flexibility index (Phi) is 4.21. The number of aryl methyl sites for hydroxylation is 1. The van der Waals surface area contributed by atoms with Gasteiger partial charge in [0.1, 0.15) is 17.2 Å². The molecule has 6 nitrogen and oxygen atoms in total. The third kappa shape index (κ3) is 2.42. The fourth-order valence-electron chi connectivity index (χ4n) is 2.07. The van der Waals surface area contributed by atoms with Crippen molar-refractivity contribution in [3.63, 3.8) is 0 Å². The largest absolute Gasteiger partial charge is 0.314 e. The first kappa shape index (κ1) is 14.3. The lowest BCUT2D eigenvalue weighted by atomic mass is 9.97. The molecule has 6 heteroatoms. The maximum atomic E-state index is 11.8. The van der Waals surface area contributed by atoms with Gasteiger partial charge in [0.05, 0.1) is 10.8 Å². The summed E-state index contributed by atoms with van der Waals surface area (Å²) >= 11 is 0. The van der Waals surface area contributed by atoms with Crippen molar-refractivity contribution in [1.82, 2.24) is 9.78 Å². The van der Waals surface area contributed by atoms with Gasteiger partial charge in [0.15, 0.2) is 0 Å². The number of rotatable bonds is 5. The van der Waals surface area contributed by atoms with E-state index in [-0.39, 0.29) is 17.4 Å². The summed E-state index contributed by atoms with van der Waals surface area (Å²) in [4.78, 5) is 22.5. The van der Waals surface area contributed by atoms with Gasteiger partial charge in [-0.25, -0.2) is 0 Å². The molecule has 0 saturated heterocycles. The predicted octanol–water partition coefficient (Wildman–Crippen LogP) is 2.53. The molecule has 0 aliphatic heterocycles. The maximum Gasteiger partial charge on any atom is 0.314 e. The Morgan fingerprint density at radius 3 is 2.39 bits per heavy atom. The highest BCUT2D eigenvalue weighted by molar-refractivity contribution is 5.85. The lowest BCUT2D eigenvalue weighted by molar-refractivity contribution is -0.386. The van der Waals surface area contributed by atoms with E-state index in [9.17, 15) is 14.9 Å². The summed E-state index contributed by atoms with van der Waals surface area (Å²) in [6.07, 6.45) is 0.362. The van der Waals surface area contributed by atoms with Gasteiger partial charge < -0.3 is 0 Å². The average molecular weight is 253 g/mol. The van der Waals surface area contributed by atoms with Gasteiger partial charge in [0.2, 0.25) is 0 Å². The first-order chi connectivity index (χ1) is 8.31. The van der Waals surface area contributed by atoms with Crippen LogP contribution in [0.5, 0.6) is 0 Å². The summed E-state index contributed by atoms with van der Waals surface area (Å²) in [5.74, 6) is -0.564. The van der Waals surface area contributed by atoms with Crippen molar-refractivity contribution in [3.8, 4) is 0 Å². The van der Waals surface area contributed by atoms with Crippen LogP contribution in [-0.2, 0) is 11.8 Å². The molecular formula is C12H19N3O3. The molecule has 1 aromatic rings. The molecule has 1 aromatic heterocycles. The molecule has 18 heavy (non-hydrogen) atoms. The fraction of sp³-hybridized carbons (Fsp3) is 0.667. The maximum absolute atomic E-state index is 11.8. The molecule has 0 saturated carbocycles. The van der Waals surface area contributed by atoms with Gasteiger partial charge in [0, 0.05) is 19.4 Å². The van der Waals surface area contributed by atoms with Gasteiger partial charge in [-0.2, -0.15) is 5.10 Å². The lowest BCUT2D eigenvalue weighted by Gasteiger charge is -2.08. The van der Waals surface area contributed by atoms with Crippen molar-refractivity contribution < 1.29 is 9.72 Å². The number of hydrogen-bond donors (Lipinski definition) is 0. The van der Waals surface area contributed by atoms with E-state index in [1.807, 2.05) is 13.8 Å². The lowest BCUT2D eigenvalue weighted by Crippen LogP contribution is -2.13. The average Bonchev–Trinajstić information content (AvgIpc) is 2.65. The van der Waals surface area contributed by atoms with E-state index >= 15 is 0 Å². The zero-order chi connectivity index (χ0) is 14.0. The molecule has 0 radical (unpaired) electrons. The molecule has 100 valence electrons. The minimum atomic E-state index is -0.500. The van der Waals surface area contributed by atoms with Gasteiger partial charge >= 0.3 is 5.69 Å². The van der Waals surface area contributed by atoms with Crippen LogP contribution in [0.3, 0.4) is 0 Å². The van der Waals surface area contributed by atoms with Crippen molar-refractivity contribution >= 4 is 11.5 Å². The second-order valence-corrected chi connectivity index (χ2v) is 4.70. The Labute approximate surface area is 106 Å². The smallest absolute Gasteiger partial charge is 0.299 e. The number of aromatic nitrogens is 2. The summed E-state index contributed by atoms with van der Waals surface area (Å²) in [5, 5.41) is 15.4. The van der Waals surface area contributed by atoms with Gasteiger partial charge in [-0.05, 0) is 6.92 Å². The summed E-state index contributed by atoms with van der Waals surface area (Å²) in [5.41, 5.74) is 0.825. The standard InChI is InChI=1S/C12H19N3O3/c1-6-9(16)8(4)11-12(15(17)18)10(7(2)3)13-14(11)5/h7-8H,6H2,1-5H3. The van der Waals surface area contributed by atoms with E-state index in [4.69, 9.17) is 0 Å². The highest BCUT2D eigenvalue weighted by atomic mass is 16.6. The van der Waals surface area contributed by atoms with E-state index < -0.39 is 10.8 Å². The molecule has 0 amide bonds. The minimum absolute atomic E-state index is 0.0122. The number of Topliss-reactive ketones (excluding diaryl/α,β-unsaturated/α-hetero) is 1. The minimum Gasteiger partial charge on any atom is -0.299 e. The molecule has 1 unspecified atom stereocenters. The Hall–Kier alpha value is -1.72. The zero-order valence-electron chi connectivity index (χ0n) is 11.4. The van der Waals surface area contributed by atoms with Gasteiger partial charge in [-0.1, -0.05) is 20.8 Å². The summed E-state index contributed by atoms with van der Waals surface area (Å²) < 4.78 is 1.46. The number of carbonyl (C=O) groups is 1. The van der Waals surface area contributed by atoms with Crippen LogP contribution in [0.4, 0.5) is 5.69 Å². The van der Waals surface area contributed by atoms with Crippen LogP contribution in [0.15, 0.2) is 0 Å². The van der Waals surface area contributed by atoms with E-state index in [0.717, 1.165) is 0 Å². The van der Waals surface area contributed by atoms with Crippen molar-refractivity contribution in [1.29, 1.82) is 0 Å². The van der Waals surface area contributed by atoms with E-state index in [2.05, 4.69) is 5.10 Å². The SMILES string of the molecule is CCC(=O)C(C)c1c([N+](=O)[O-])c(C(C)C)nn1C. The second-order valence-electron chi connectivity index (χ2n) is 4.70. The van der Waals surface area contributed by atoms with Crippen LogP contribution in [0.25, 0.3) is 0 Å².